The molecule has 0 aliphatic carbocycles. The van der Waals surface area contributed by atoms with Crippen LogP contribution in [0, 0.1) is 3.57 Å². The molecule has 25 heavy (non-hydrogen) atoms. The van der Waals surface area contributed by atoms with E-state index in [1.165, 1.54) is 4.90 Å². The smallest absolute Gasteiger partial charge is 0.254 e. The Balaban J connectivity index is 2.02. The van der Waals surface area contributed by atoms with Gasteiger partial charge in [-0.05, 0) is 73.0 Å². The monoisotopic (exact) mass is 460 g/mol. The molecular weight excluding hydrogens is 435 g/mol. The average Bonchev–Trinajstić information content (AvgIpc) is 2.61. The molecule has 0 saturated carbocycles. The van der Waals surface area contributed by atoms with Crippen LogP contribution in [-0.2, 0) is 14.3 Å². The number of likely N-dealkylation sites (N-methyl/N-ethyl adjacent to an activating group) is 1. The molecular formula is C18H25IN2O4. The zero-order chi connectivity index (χ0) is 18.4. The number of carbonyl (C=O) groups excluding carboxylic acids is 2. The van der Waals surface area contributed by atoms with Gasteiger partial charge in [-0.25, -0.2) is 0 Å². The van der Waals surface area contributed by atoms with E-state index >= 15 is 0 Å². The molecule has 0 aromatic heterocycles. The van der Waals surface area contributed by atoms with Crippen molar-refractivity contribution in [3.05, 3.63) is 33.4 Å². The molecule has 0 bridgehead atoms. The molecule has 1 heterocycles. The van der Waals surface area contributed by atoms with Gasteiger partial charge in [0, 0.05) is 29.2 Å². The van der Waals surface area contributed by atoms with E-state index in [1.807, 2.05) is 12.1 Å². The maximum absolute atomic E-state index is 12.7. The van der Waals surface area contributed by atoms with Crippen LogP contribution in [-0.4, -0.2) is 48.8 Å². The lowest BCUT2D eigenvalue weighted by molar-refractivity contribution is -0.167. The largest absolute Gasteiger partial charge is 0.368 e. The molecule has 6 nitrogen and oxygen atoms in total. The lowest BCUT2D eigenvalue weighted by Crippen LogP contribution is -2.56. The summed E-state index contributed by atoms with van der Waals surface area (Å²) in [5, 5.41) is 0. The van der Waals surface area contributed by atoms with E-state index in [0.717, 1.165) is 22.8 Å². The van der Waals surface area contributed by atoms with Crippen LogP contribution in [0.25, 0.3) is 0 Å². The molecule has 1 unspecified atom stereocenters. The van der Waals surface area contributed by atoms with Crippen molar-refractivity contribution in [1.29, 1.82) is 0 Å². The van der Waals surface area contributed by atoms with Crippen molar-refractivity contribution in [2.45, 2.75) is 44.4 Å². The third-order valence-corrected chi connectivity index (χ3v) is 5.42. The van der Waals surface area contributed by atoms with Crippen molar-refractivity contribution in [2.75, 3.05) is 20.3 Å². The van der Waals surface area contributed by atoms with Crippen molar-refractivity contribution in [3.8, 4) is 0 Å². The normalized spacial score (nSPS) is 19.9. The Morgan fingerprint density at radius 3 is 2.60 bits per heavy atom. The number of primary amides is 1. The van der Waals surface area contributed by atoms with E-state index < -0.39 is 11.4 Å². The Labute approximate surface area is 162 Å². The van der Waals surface area contributed by atoms with Gasteiger partial charge in [-0.2, -0.15) is 0 Å². The van der Waals surface area contributed by atoms with Crippen molar-refractivity contribution in [2.24, 2.45) is 5.73 Å². The van der Waals surface area contributed by atoms with E-state index in [2.05, 4.69) is 22.6 Å². The summed E-state index contributed by atoms with van der Waals surface area (Å²) in [6.07, 6.45) is 3.05. The average molecular weight is 460 g/mol. The minimum Gasteiger partial charge on any atom is -0.368 e. The van der Waals surface area contributed by atoms with Crippen LogP contribution in [0.4, 0.5) is 0 Å². The minimum atomic E-state index is -1.13. The molecule has 1 fully saturated rings. The van der Waals surface area contributed by atoms with Crippen LogP contribution in [0.1, 0.15) is 43.0 Å². The Hall–Kier alpha value is -1.19. The molecule has 0 spiro atoms. The molecule has 1 aromatic carbocycles. The SMILES string of the molecule is CN(C(=O)c1ccc(I)cc1)[C@](C)(CCOC1CCCCO1)C(N)=O. The molecule has 2 rings (SSSR count). The molecule has 2 amide bonds. The standard InChI is InChI=1S/C18H25IN2O4/c1-18(17(20)23,10-12-25-15-5-3-4-11-24-15)21(2)16(22)13-6-8-14(19)9-7-13/h6-9,15H,3-5,10-12H2,1-2H3,(H2,20,23)/t15?,18-/m1/s1. The van der Waals surface area contributed by atoms with Gasteiger partial charge in [-0.1, -0.05) is 0 Å². The summed E-state index contributed by atoms with van der Waals surface area (Å²) < 4.78 is 12.3. The second-order valence-electron chi connectivity index (χ2n) is 6.43. The first-order valence-corrected chi connectivity index (χ1v) is 9.49. The summed E-state index contributed by atoms with van der Waals surface area (Å²) in [6, 6.07) is 7.20. The Morgan fingerprint density at radius 2 is 2.04 bits per heavy atom. The van der Waals surface area contributed by atoms with Crippen molar-refractivity contribution in [3.63, 3.8) is 0 Å². The number of rotatable bonds is 7. The molecule has 1 aliphatic rings. The molecule has 1 saturated heterocycles. The van der Waals surface area contributed by atoms with Crippen LogP contribution in [0.2, 0.25) is 0 Å². The van der Waals surface area contributed by atoms with Crippen molar-refractivity contribution < 1.29 is 19.1 Å². The Kier molecular flexibility index (Phi) is 7.21. The molecule has 138 valence electrons. The van der Waals surface area contributed by atoms with E-state index in [1.54, 1.807) is 26.1 Å². The molecule has 1 aromatic rings. The summed E-state index contributed by atoms with van der Waals surface area (Å²) in [4.78, 5) is 26.2. The quantitative estimate of drug-likeness (QED) is 0.635. The van der Waals surface area contributed by atoms with Crippen LogP contribution in [0.3, 0.4) is 0 Å². The van der Waals surface area contributed by atoms with Crippen LogP contribution in [0.15, 0.2) is 24.3 Å². The van der Waals surface area contributed by atoms with Crippen LogP contribution >= 0.6 is 22.6 Å². The van der Waals surface area contributed by atoms with Gasteiger partial charge < -0.3 is 20.1 Å². The van der Waals surface area contributed by atoms with Crippen LogP contribution in [0.5, 0.6) is 0 Å². The topological polar surface area (TPSA) is 81.9 Å². The Bertz CT molecular complexity index is 602. The van der Waals surface area contributed by atoms with Gasteiger partial charge in [-0.3, -0.25) is 9.59 Å². The first kappa shape index (κ1) is 20.1. The number of hydrogen-bond donors (Lipinski definition) is 1. The fourth-order valence-electron chi connectivity index (χ4n) is 2.70. The number of hydrogen-bond acceptors (Lipinski definition) is 4. The third kappa shape index (κ3) is 5.15. The number of halogens is 1. The molecule has 0 radical (unpaired) electrons. The van der Waals surface area contributed by atoms with Crippen molar-refractivity contribution in [1.82, 2.24) is 4.90 Å². The molecule has 2 atom stereocenters. The van der Waals surface area contributed by atoms with Crippen LogP contribution < -0.4 is 5.73 Å². The van der Waals surface area contributed by atoms with Gasteiger partial charge in [0.2, 0.25) is 5.91 Å². The summed E-state index contributed by atoms with van der Waals surface area (Å²) in [6.45, 7) is 2.67. The number of amides is 2. The van der Waals surface area contributed by atoms with Crippen molar-refractivity contribution >= 4 is 34.4 Å². The number of nitrogens with zero attached hydrogens (tertiary/aromatic N) is 1. The summed E-state index contributed by atoms with van der Waals surface area (Å²) in [5.41, 5.74) is 5.00. The zero-order valence-corrected chi connectivity index (χ0v) is 16.8. The second-order valence-corrected chi connectivity index (χ2v) is 7.67. The van der Waals surface area contributed by atoms with E-state index in [-0.39, 0.29) is 12.2 Å². The maximum Gasteiger partial charge on any atom is 0.254 e. The third-order valence-electron chi connectivity index (χ3n) is 4.70. The maximum atomic E-state index is 12.7. The van der Waals surface area contributed by atoms with Gasteiger partial charge in [-0.15, -0.1) is 0 Å². The minimum absolute atomic E-state index is 0.233. The van der Waals surface area contributed by atoms with Gasteiger partial charge in [0.1, 0.15) is 5.54 Å². The number of benzene rings is 1. The molecule has 7 heteroatoms. The second kappa shape index (κ2) is 8.95. The predicted molar refractivity (Wildman–Crippen MR) is 103 cm³/mol. The molecule has 1 aliphatic heterocycles. The van der Waals surface area contributed by atoms with Gasteiger partial charge >= 0.3 is 0 Å². The highest BCUT2D eigenvalue weighted by molar-refractivity contribution is 14.1. The molecule has 2 N–H and O–H groups in total. The lowest BCUT2D eigenvalue weighted by Gasteiger charge is -2.36. The van der Waals surface area contributed by atoms with Gasteiger partial charge in [0.15, 0.2) is 6.29 Å². The highest BCUT2D eigenvalue weighted by Crippen LogP contribution is 2.22. The highest BCUT2D eigenvalue weighted by Gasteiger charge is 2.38. The summed E-state index contributed by atoms with van der Waals surface area (Å²) in [7, 11) is 1.60. The number of carbonyl (C=O) groups is 2. The zero-order valence-electron chi connectivity index (χ0n) is 14.7. The first-order valence-electron chi connectivity index (χ1n) is 8.41. The van der Waals surface area contributed by atoms with Gasteiger partial charge in [0.25, 0.3) is 5.91 Å². The number of ether oxygens (including phenoxy) is 2. The van der Waals surface area contributed by atoms with E-state index in [0.29, 0.717) is 25.2 Å². The predicted octanol–water partition coefficient (Wildman–Crippen LogP) is 2.54. The number of nitrogens with two attached hydrogens (primary N) is 1. The van der Waals surface area contributed by atoms with Gasteiger partial charge in [0.05, 0.1) is 6.61 Å². The fourth-order valence-corrected chi connectivity index (χ4v) is 3.06. The summed E-state index contributed by atoms with van der Waals surface area (Å²) in [5.74, 6) is -0.798. The fraction of sp³-hybridized carbons (Fsp3) is 0.556. The Morgan fingerprint density at radius 1 is 1.36 bits per heavy atom. The summed E-state index contributed by atoms with van der Waals surface area (Å²) >= 11 is 2.18. The lowest BCUT2D eigenvalue weighted by atomic mass is 9.94. The first-order chi connectivity index (χ1) is 11.8. The highest BCUT2D eigenvalue weighted by atomic mass is 127. The van der Waals surface area contributed by atoms with E-state index in [9.17, 15) is 9.59 Å². The van der Waals surface area contributed by atoms with E-state index in [4.69, 9.17) is 15.2 Å².